The molecule has 21 heavy (non-hydrogen) atoms. The minimum atomic E-state index is -0.643. The topological polar surface area (TPSA) is 32.3 Å². The molecule has 0 aliphatic carbocycles. The monoisotopic (exact) mass is 316 g/mol. The molecule has 2 saturated heterocycles. The second-order valence-electron chi connectivity index (χ2n) is 5.65. The average molecular weight is 317 g/mol. The fourth-order valence-electron chi connectivity index (χ4n) is 3.21. The summed E-state index contributed by atoms with van der Waals surface area (Å²) in [5, 5.41) is 3.44. The van der Waals surface area contributed by atoms with Gasteiger partial charge in [0.15, 0.2) is 0 Å². The highest BCUT2D eigenvalue weighted by molar-refractivity contribution is 5.85. The van der Waals surface area contributed by atoms with Gasteiger partial charge >= 0.3 is 0 Å². The number of amides is 1. The Morgan fingerprint density at radius 3 is 2.90 bits per heavy atom. The van der Waals surface area contributed by atoms with Crippen molar-refractivity contribution in [3.63, 3.8) is 0 Å². The van der Waals surface area contributed by atoms with Gasteiger partial charge in [0.05, 0.1) is 6.42 Å². The van der Waals surface area contributed by atoms with E-state index in [1.165, 1.54) is 12.1 Å². The second-order valence-corrected chi connectivity index (χ2v) is 5.65. The number of carbonyl (C=O) groups excluding carboxylic acids is 1. The van der Waals surface area contributed by atoms with E-state index >= 15 is 0 Å². The van der Waals surface area contributed by atoms with Crippen molar-refractivity contribution in [1.82, 2.24) is 10.2 Å². The molecule has 2 aliphatic heterocycles. The van der Waals surface area contributed by atoms with Crippen LogP contribution in [0.4, 0.5) is 8.78 Å². The predicted molar refractivity (Wildman–Crippen MR) is 78.4 cm³/mol. The maximum Gasteiger partial charge on any atom is 0.227 e. The molecule has 2 unspecified atom stereocenters. The van der Waals surface area contributed by atoms with Gasteiger partial charge in [-0.3, -0.25) is 4.79 Å². The molecule has 2 heterocycles. The van der Waals surface area contributed by atoms with Crippen molar-refractivity contribution >= 4 is 18.3 Å². The molecule has 3 rings (SSSR count). The number of piperidine rings is 1. The third-order valence-corrected chi connectivity index (χ3v) is 4.37. The molecule has 0 radical (unpaired) electrons. The zero-order valence-electron chi connectivity index (χ0n) is 11.6. The molecule has 6 heteroatoms. The van der Waals surface area contributed by atoms with Crippen molar-refractivity contribution in [3.8, 4) is 0 Å². The standard InChI is InChI=1S/C15H18F2N2O.ClH/c16-12-2-1-10(13(17)8-12)7-15(20)19-6-4-14-11(9-19)3-5-18-14;/h1-2,8,11,14,18H,3-7,9H2;1H. The maximum absolute atomic E-state index is 13.6. The van der Waals surface area contributed by atoms with E-state index in [2.05, 4.69) is 5.32 Å². The second kappa shape index (κ2) is 6.71. The van der Waals surface area contributed by atoms with Crippen LogP contribution in [0.15, 0.2) is 18.2 Å². The van der Waals surface area contributed by atoms with Crippen LogP contribution >= 0.6 is 12.4 Å². The van der Waals surface area contributed by atoms with E-state index in [1.54, 1.807) is 0 Å². The molecule has 0 bridgehead atoms. The third-order valence-electron chi connectivity index (χ3n) is 4.37. The summed E-state index contributed by atoms with van der Waals surface area (Å²) >= 11 is 0. The van der Waals surface area contributed by atoms with Gasteiger partial charge < -0.3 is 10.2 Å². The Balaban J connectivity index is 0.00000161. The van der Waals surface area contributed by atoms with E-state index in [0.717, 1.165) is 38.5 Å². The van der Waals surface area contributed by atoms with Crippen LogP contribution in [0.1, 0.15) is 18.4 Å². The number of halogens is 3. The number of hydrogen-bond donors (Lipinski definition) is 1. The average Bonchev–Trinajstić information content (AvgIpc) is 2.89. The summed E-state index contributed by atoms with van der Waals surface area (Å²) in [5.41, 5.74) is 0.267. The first kappa shape index (κ1) is 16.2. The Labute approximate surface area is 129 Å². The van der Waals surface area contributed by atoms with Crippen LogP contribution in [0, 0.1) is 17.6 Å². The number of nitrogens with one attached hydrogen (secondary N) is 1. The first-order valence-electron chi connectivity index (χ1n) is 7.08. The van der Waals surface area contributed by atoms with Crippen molar-refractivity contribution in [2.24, 2.45) is 5.92 Å². The number of rotatable bonds is 2. The molecule has 116 valence electrons. The summed E-state index contributed by atoms with van der Waals surface area (Å²) < 4.78 is 26.4. The zero-order valence-corrected chi connectivity index (χ0v) is 12.5. The number of nitrogens with zero attached hydrogens (tertiary/aromatic N) is 1. The van der Waals surface area contributed by atoms with Crippen molar-refractivity contribution in [3.05, 3.63) is 35.4 Å². The minimum Gasteiger partial charge on any atom is -0.342 e. The fourth-order valence-corrected chi connectivity index (χ4v) is 3.21. The lowest BCUT2D eigenvalue weighted by molar-refractivity contribution is -0.132. The van der Waals surface area contributed by atoms with Gasteiger partial charge in [0.25, 0.3) is 0 Å². The molecule has 1 N–H and O–H groups in total. The van der Waals surface area contributed by atoms with Crippen LogP contribution in [-0.4, -0.2) is 36.5 Å². The maximum atomic E-state index is 13.6. The van der Waals surface area contributed by atoms with Crippen LogP contribution in [0.5, 0.6) is 0 Å². The Kier molecular flexibility index (Phi) is 5.17. The molecule has 0 spiro atoms. The zero-order chi connectivity index (χ0) is 14.1. The number of carbonyl (C=O) groups is 1. The lowest BCUT2D eigenvalue weighted by Crippen LogP contribution is -2.47. The van der Waals surface area contributed by atoms with Crippen LogP contribution in [0.3, 0.4) is 0 Å². The highest BCUT2D eigenvalue weighted by Crippen LogP contribution is 2.25. The Bertz CT molecular complexity index is 526. The molecule has 2 fully saturated rings. The van der Waals surface area contributed by atoms with Crippen molar-refractivity contribution in [1.29, 1.82) is 0 Å². The van der Waals surface area contributed by atoms with E-state index in [0.29, 0.717) is 12.0 Å². The molecular formula is C15H19ClF2N2O. The molecule has 1 aromatic rings. The van der Waals surface area contributed by atoms with E-state index in [9.17, 15) is 13.6 Å². The summed E-state index contributed by atoms with van der Waals surface area (Å²) in [6.07, 6.45) is 2.07. The smallest absolute Gasteiger partial charge is 0.227 e. The number of likely N-dealkylation sites (tertiary alicyclic amines) is 1. The number of hydrogen-bond acceptors (Lipinski definition) is 2. The van der Waals surface area contributed by atoms with Crippen LogP contribution < -0.4 is 5.32 Å². The highest BCUT2D eigenvalue weighted by atomic mass is 35.5. The summed E-state index contributed by atoms with van der Waals surface area (Å²) in [7, 11) is 0. The van der Waals surface area contributed by atoms with Crippen molar-refractivity contribution < 1.29 is 13.6 Å². The SMILES string of the molecule is Cl.O=C(Cc1ccc(F)cc1F)N1CCC2NCCC2C1. The largest absolute Gasteiger partial charge is 0.342 e. The molecule has 1 aromatic carbocycles. The van der Waals surface area contributed by atoms with E-state index in [4.69, 9.17) is 0 Å². The van der Waals surface area contributed by atoms with Crippen molar-refractivity contribution in [2.75, 3.05) is 19.6 Å². The minimum absolute atomic E-state index is 0. The summed E-state index contributed by atoms with van der Waals surface area (Å²) in [6.45, 7) is 2.49. The number of benzene rings is 1. The van der Waals surface area contributed by atoms with Gasteiger partial charge in [-0.1, -0.05) is 6.07 Å². The van der Waals surface area contributed by atoms with Crippen LogP contribution in [0.2, 0.25) is 0 Å². The lowest BCUT2D eigenvalue weighted by Gasteiger charge is -2.35. The molecule has 1 amide bonds. The number of fused-ring (bicyclic) bond motifs is 1. The quantitative estimate of drug-likeness (QED) is 0.906. The summed E-state index contributed by atoms with van der Waals surface area (Å²) in [4.78, 5) is 14.1. The van der Waals surface area contributed by atoms with E-state index < -0.39 is 11.6 Å². The van der Waals surface area contributed by atoms with Gasteiger partial charge in [-0.05, 0) is 36.9 Å². The van der Waals surface area contributed by atoms with Gasteiger partial charge in [-0.2, -0.15) is 0 Å². The fraction of sp³-hybridized carbons (Fsp3) is 0.533. The summed E-state index contributed by atoms with van der Waals surface area (Å²) in [5.74, 6) is -0.807. The molecular weight excluding hydrogens is 298 g/mol. The van der Waals surface area contributed by atoms with Gasteiger partial charge in [-0.15, -0.1) is 12.4 Å². The van der Waals surface area contributed by atoms with E-state index in [1.807, 2.05) is 4.90 Å². The predicted octanol–water partition coefficient (Wildman–Crippen LogP) is 2.14. The highest BCUT2D eigenvalue weighted by Gasteiger charge is 2.34. The van der Waals surface area contributed by atoms with Crippen LogP contribution in [-0.2, 0) is 11.2 Å². The first-order valence-corrected chi connectivity index (χ1v) is 7.08. The Hall–Kier alpha value is -1.20. The molecule has 0 aromatic heterocycles. The van der Waals surface area contributed by atoms with Gasteiger partial charge in [-0.25, -0.2) is 8.78 Å². The first-order chi connectivity index (χ1) is 9.63. The van der Waals surface area contributed by atoms with Gasteiger partial charge in [0.2, 0.25) is 5.91 Å². The normalized spacial score (nSPS) is 24.4. The van der Waals surface area contributed by atoms with E-state index in [-0.39, 0.29) is 30.3 Å². The van der Waals surface area contributed by atoms with Gasteiger partial charge in [0.1, 0.15) is 11.6 Å². The third kappa shape index (κ3) is 3.52. The lowest BCUT2D eigenvalue weighted by atomic mass is 9.93. The van der Waals surface area contributed by atoms with Gasteiger partial charge in [0, 0.05) is 25.2 Å². The summed E-state index contributed by atoms with van der Waals surface area (Å²) in [6, 6.07) is 3.91. The molecule has 2 aliphatic rings. The molecule has 0 saturated carbocycles. The Morgan fingerprint density at radius 2 is 2.14 bits per heavy atom. The Morgan fingerprint density at radius 1 is 1.33 bits per heavy atom. The van der Waals surface area contributed by atoms with Crippen molar-refractivity contribution in [2.45, 2.75) is 25.3 Å². The molecule has 2 atom stereocenters. The molecule has 3 nitrogen and oxygen atoms in total. The van der Waals surface area contributed by atoms with Crippen LogP contribution in [0.25, 0.3) is 0 Å².